The highest BCUT2D eigenvalue weighted by Crippen LogP contribution is 2.30. The highest BCUT2D eigenvalue weighted by Gasteiger charge is 2.45. The molecule has 2 aliphatic heterocycles. The number of likely N-dealkylation sites (tertiary alicyclic amines) is 2. The summed E-state index contributed by atoms with van der Waals surface area (Å²) in [5, 5.41) is 9.62. The summed E-state index contributed by atoms with van der Waals surface area (Å²) in [6, 6.07) is 0.689. The van der Waals surface area contributed by atoms with Crippen molar-refractivity contribution in [3.63, 3.8) is 0 Å². The molecule has 2 fully saturated rings. The van der Waals surface area contributed by atoms with Crippen LogP contribution < -0.4 is 0 Å². The van der Waals surface area contributed by atoms with E-state index < -0.39 is 5.60 Å². The maximum atomic E-state index is 9.62. The smallest absolute Gasteiger partial charge is 0.0872 e. The third kappa shape index (κ3) is 1.81. The van der Waals surface area contributed by atoms with E-state index in [1.165, 1.54) is 13.1 Å². The molecule has 0 saturated carbocycles. The van der Waals surface area contributed by atoms with Crippen LogP contribution in [0.4, 0.5) is 0 Å². The summed E-state index contributed by atoms with van der Waals surface area (Å²) < 4.78 is 0. The molecule has 2 heterocycles. The second-order valence-corrected chi connectivity index (χ2v) is 6.13. The van der Waals surface area contributed by atoms with Gasteiger partial charge >= 0.3 is 0 Å². The van der Waals surface area contributed by atoms with Crippen molar-refractivity contribution in [3.8, 4) is 0 Å². The first-order chi connectivity index (χ1) is 6.28. The van der Waals surface area contributed by atoms with Crippen LogP contribution >= 0.6 is 0 Å². The Kier molecular flexibility index (Phi) is 2.18. The number of hydrogen-bond donors (Lipinski definition) is 1. The van der Waals surface area contributed by atoms with Gasteiger partial charge in [0.15, 0.2) is 0 Å². The summed E-state index contributed by atoms with van der Waals surface area (Å²) >= 11 is 0. The summed E-state index contributed by atoms with van der Waals surface area (Å²) in [6.07, 6.45) is 0. The highest BCUT2D eigenvalue weighted by atomic mass is 16.3. The van der Waals surface area contributed by atoms with Gasteiger partial charge in [-0.25, -0.2) is 0 Å². The fourth-order valence-electron chi connectivity index (χ4n) is 2.32. The van der Waals surface area contributed by atoms with Crippen LogP contribution in [0, 0.1) is 0 Å². The number of rotatable bonds is 1. The topological polar surface area (TPSA) is 26.7 Å². The van der Waals surface area contributed by atoms with Gasteiger partial charge in [0.2, 0.25) is 0 Å². The van der Waals surface area contributed by atoms with Crippen molar-refractivity contribution in [1.82, 2.24) is 9.80 Å². The minimum Gasteiger partial charge on any atom is -0.388 e. The molecule has 3 heteroatoms. The van der Waals surface area contributed by atoms with E-state index >= 15 is 0 Å². The summed E-state index contributed by atoms with van der Waals surface area (Å²) in [7, 11) is 0. The Morgan fingerprint density at radius 3 is 2.07 bits per heavy atom. The van der Waals surface area contributed by atoms with Crippen LogP contribution in [0.5, 0.6) is 0 Å². The number of aliphatic hydroxyl groups is 1. The van der Waals surface area contributed by atoms with Crippen LogP contribution in [-0.4, -0.2) is 58.3 Å². The lowest BCUT2D eigenvalue weighted by Gasteiger charge is -2.57. The van der Waals surface area contributed by atoms with Gasteiger partial charge in [-0.1, -0.05) is 0 Å². The minimum atomic E-state index is -0.415. The van der Waals surface area contributed by atoms with Gasteiger partial charge in [-0.2, -0.15) is 0 Å². The molecule has 0 aromatic rings. The van der Waals surface area contributed by atoms with E-state index in [1.807, 2.05) is 6.92 Å². The van der Waals surface area contributed by atoms with E-state index in [4.69, 9.17) is 0 Å². The van der Waals surface area contributed by atoms with Crippen molar-refractivity contribution in [1.29, 1.82) is 0 Å². The largest absolute Gasteiger partial charge is 0.388 e. The van der Waals surface area contributed by atoms with E-state index in [0.717, 1.165) is 13.1 Å². The van der Waals surface area contributed by atoms with Crippen LogP contribution in [0.2, 0.25) is 0 Å². The Hall–Kier alpha value is -0.120. The summed E-state index contributed by atoms with van der Waals surface area (Å²) in [4.78, 5) is 4.88. The number of β-amino-alcohol motifs (C(OH)–C–C–N with tert-alkyl or cyclic N) is 1. The number of hydrogen-bond acceptors (Lipinski definition) is 3. The van der Waals surface area contributed by atoms with Crippen LogP contribution in [0.1, 0.15) is 27.7 Å². The maximum Gasteiger partial charge on any atom is 0.0872 e. The molecule has 2 saturated heterocycles. The van der Waals surface area contributed by atoms with Crippen molar-refractivity contribution in [2.45, 2.75) is 44.9 Å². The van der Waals surface area contributed by atoms with Gasteiger partial charge in [0.25, 0.3) is 0 Å². The molecule has 0 spiro atoms. The maximum absolute atomic E-state index is 9.62. The van der Waals surface area contributed by atoms with Crippen molar-refractivity contribution in [2.24, 2.45) is 0 Å². The lowest BCUT2D eigenvalue weighted by atomic mass is 9.89. The lowest BCUT2D eigenvalue weighted by Crippen LogP contribution is -2.72. The van der Waals surface area contributed by atoms with Gasteiger partial charge in [0, 0.05) is 37.8 Å². The normalized spacial score (nSPS) is 29.8. The molecule has 1 N–H and O–H groups in total. The van der Waals surface area contributed by atoms with E-state index in [9.17, 15) is 5.11 Å². The summed E-state index contributed by atoms with van der Waals surface area (Å²) in [5.41, 5.74) is -0.105. The standard InChI is InChI=1S/C11H22N2O/c1-10(2,3)13-5-9(6-13)12-7-11(4,14)8-12/h9,14H,5-8H2,1-4H3. The molecular formula is C11H22N2O. The SMILES string of the molecule is CC1(O)CN(C2CN(C(C)(C)C)C2)C1. The first-order valence-corrected chi connectivity index (χ1v) is 5.49. The van der Waals surface area contributed by atoms with Gasteiger partial charge < -0.3 is 5.11 Å². The third-order valence-electron chi connectivity index (χ3n) is 3.41. The molecule has 14 heavy (non-hydrogen) atoms. The third-order valence-corrected chi connectivity index (χ3v) is 3.41. The van der Waals surface area contributed by atoms with Crippen molar-refractivity contribution >= 4 is 0 Å². The van der Waals surface area contributed by atoms with Gasteiger partial charge in [-0.15, -0.1) is 0 Å². The monoisotopic (exact) mass is 198 g/mol. The highest BCUT2D eigenvalue weighted by molar-refractivity contribution is 5.02. The Morgan fingerprint density at radius 1 is 1.21 bits per heavy atom. The fraction of sp³-hybridized carbons (Fsp3) is 1.00. The zero-order valence-electron chi connectivity index (χ0n) is 9.75. The zero-order valence-corrected chi connectivity index (χ0v) is 9.75. The van der Waals surface area contributed by atoms with E-state index in [0.29, 0.717) is 11.6 Å². The molecule has 0 aromatic heterocycles. The molecule has 0 aliphatic carbocycles. The van der Waals surface area contributed by atoms with Gasteiger partial charge in [0.1, 0.15) is 0 Å². The minimum absolute atomic E-state index is 0.309. The quantitative estimate of drug-likeness (QED) is 0.666. The average Bonchev–Trinajstić information content (AvgIpc) is 1.74. The van der Waals surface area contributed by atoms with Crippen LogP contribution in [0.25, 0.3) is 0 Å². The Morgan fingerprint density at radius 2 is 1.71 bits per heavy atom. The van der Waals surface area contributed by atoms with Crippen molar-refractivity contribution in [3.05, 3.63) is 0 Å². The van der Waals surface area contributed by atoms with E-state index in [-0.39, 0.29) is 0 Å². The molecule has 0 atom stereocenters. The Bertz CT molecular complexity index is 218. The lowest BCUT2D eigenvalue weighted by molar-refractivity contribution is -0.139. The van der Waals surface area contributed by atoms with Crippen LogP contribution in [-0.2, 0) is 0 Å². The molecule has 3 nitrogen and oxygen atoms in total. The average molecular weight is 198 g/mol. The number of nitrogens with zero attached hydrogens (tertiary/aromatic N) is 2. The molecule has 0 bridgehead atoms. The van der Waals surface area contributed by atoms with Crippen LogP contribution in [0.15, 0.2) is 0 Å². The predicted molar refractivity (Wildman–Crippen MR) is 57.3 cm³/mol. The van der Waals surface area contributed by atoms with E-state index in [2.05, 4.69) is 30.6 Å². The summed E-state index contributed by atoms with van der Waals surface area (Å²) in [5.74, 6) is 0. The fourth-order valence-corrected chi connectivity index (χ4v) is 2.32. The molecule has 2 rings (SSSR count). The molecule has 0 aromatic carbocycles. The van der Waals surface area contributed by atoms with Crippen LogP contribution in [0.3, 0.4) is 0 Å². The molecule has 2 aliphatic rings. The Labute approximate surface area is 86.7 Å². The molecule has 0 radical (unpaired) electrons. The molecular weight excluding hydrogens is 176 g/mol. The predicted octanol–water partition coefficient (Wildman–Crippen LogP) is 0.536. The molecule has 0 unspecified atom stereocenters. The first kappa shape index (κ1) is 10.4. The Balaban J connectivity index is 1.75. The van der Waals surface area contributed by atoms with E-state index in [1.54, 1.807) is 0 Å². The second-order valence-electron chi connectivity index (χ2n) is 6.13. The van der Waals surface area contributed by atoms with Crippen molar-refractivity contribution < 1.29 is 5.11 Å². The van der Waals surface area contributed by atoms with Gasteiger partial charge in [0.05, 0.1) is 5.60 Å². The van der Waals surface area contributed by atoms with Crippen molar-refractivity contribution in [2.75, 3.05) is 26.2 Å². The first-order valence-electron chi connectivity index (χ1n) is 5.49. The molecule has 0 amide bonds. The van der Waals surface area contributed by atoms with Gasteiger partial charge in [-0.3, -0.25) is 9.80 Å². The van der Waals surface area contributed by atoms with Gasteiger partial charge in [-0.05, 0) is 27.7 Å². The second kappa shape index (κ2) is 2.94. The molecule has 82 valence electrons. The summed E-state index contributed by atoms with van der Waals surface area (Å²) in [6.45, 7) is 12.7. The zero-order chi connectivity index (χ0) is 10.6.